The minimum absolute atomic E-state index is 0.292. The molecule has 1 aliphatic rings. The van der Waals surface area contributed by atoms with Gasteiger partial charge in [-0.15, -0.1) is 0 Å². The van der Waals surface area contributed by atoms with Crippen LogP contribution in [0.4, 0.5) is 5.69 Å². The van der Waals surface area contributed by atoms with Crippen LogP contribution in [0.3, 0.4) is 0 Å². The number of hydrogen-bond donors (Lipinski definition) is 1. The summed E-state index contributed by atoms with van der Waals surface area (Å²) >= 11 is -1.80. The largest absolute Gasteiger partial charge is 0.377 e. The first-order valence-corrected chi connectivity index (χ1v) is 6.34. The molecule has 2 rings (SSSR count). The van der Waals surface area contributed by atoms with E-state index < -0.39 is 11.1 Å². The van der Waals surface area contributed by atoms with Gasteiger partial charge in [-0.1, -0.05) is 24.3 Å². The smallest absolute Gasteiger partial charge is 0.160 e. The minimum atomic E-state index is -1.80. The van der Waals surface area contributed by atoms with Crippen LogP contribution < -0.4 is 4.90 Å². The molecule has 86 valence electrons. The van der Waals surface area contributed by atoms with Gasteiger partial charge in [-0.2, -0.15) is 0 Å². The van der Waals surface area contributed by atoms with Crippen molar-refractivity contribution < 1.29 is 8.76 Å². The van der Waals surface area contributed by atoms with E-state index in [0.717, 1.165) is 16.8 Å². The first-order valence-electron chi connectivity index (χ1n) is 5.17. The molecule has 2 atom stereocenters. The SMILES string of the molecule is CN(C)c1cccc2c1C=CCC2S(=O)O. The highest BCUT2D eigenvalue weighted by Gasteiger charge is 2.23. The molecule has 2 unspecified atom stereocenters. The summed E-state index contributed by atoms with van der Waals surface area (Å²) in [7, 11) is 3.95. The summed E-state index contributed by atoms with van der Waals surface area (Å²) in [6, 6.07) is 5.89. The van der Waals surface area contributed by atoms with Crippen LogP contribution in [0.15, 0.2) is 24.3 Å². The van der Waals surface area contributed by atoms with Crippen molar-refractivity contribution in [1.82, 2.24) is 0 Å². The predicted molar refractivity (Wildman–Crippen MR) is 67.9 cm³/mol. The third-order valence-electron chi connectivity index (χ3n) is 2.82. The first kappa shape index (κ1) is 11.4. The maximum atomic E-state index is 11.3. The lowest BCUT2D eigenvalue weighted by atomic mass is 9.95. The molecule has 0 amide bonds. The molecule has 1 aromatic rings. The maximum absolute atomic E-state index is 11.3. The lowest BCUT2D eigenvalue weighted by Crippen LogP contribution is -2.15. The van der Waals surface area contributed by atoms with Crippen molar-refractivity contribution in [2.45, 2.75) is 11.7 Å². The van der Waals surface area contributed by atoms with Crippen LogP contribution in [0, 0.1) is 0 Å². The van der Waals surface area contributed by atoms with Crippen LogP contribution in [0.5, 0.6) is 0 Å². The van der Waals surface area contributed by atoms with Crippen molar-refractivity contribution in [1.29, 1.82) is 0 Å². The van der Waals surface area contributed by atoms with Gasteiger partial charge in [-0.3, -0.25) is 0 Å². The van der Waals surface area contributed by atoms with Crippen LogP contribution in [-0.4, -0.2) is 22.9 Å². The molecule has 0 radical (unpaired) electrons. The molecule has 0 heterocycles. The Labute approximate surface area is 98.1 Å². The van der Waals surface area contributed by atoms with Gasteiger partial charge in [0.25, 0.3) is 0 Å². The van der Waals surface area contributed by atoms with Crippen molar-refractivity contribution in [3.8, 4) is 0 Å². The van der Waals surface area contributed by atoms with Gasteiger partial charge in [-0.05, 0) is 18.1 Å². The van der Waals surface area contributed by atoms with Gasteiger partial charge in [0.05, 0.1) is 5.25 Å². The van der Waals surface area contributed by atoms with E-state index in [1.54, 1.807) is 0 Å². The molecule has 16 heavy (non-hydrogen) atoms. The van der Waals surface area contributed by atoms with Gasteiger partial charge < -0.3 is 9.45 Å². The van der Waals surface area contributed by atoms with Crippen LogP contribution in [0.1, 0.15) is 22.8 Å². The van der Waals surface area contributed by atoms with Gasteiger partial charge in [0.1, 0.15) is 0 Å². The summed E-state index contributed by atoms with van der Waals surface area (Å²) in [4.78, 5) is 2.02. The Bertz CT molecular complexity index is 454. The normalized spacial score (nSPS) is 20.3. The highest BCUT2D eigenvalue weighted by Crippen LogP contribution is 2.36. The summed E-state index contributed by atoms with van der Waals surface area (Å²) in [6.45, 7) is 0. The maximum Gasteiger partial charge on any atom is 0.160 e. The van der Waals surface area contributed by atoms with Gasteiger partial charge in [0.2, 0.25) is 0 Å². The van der Waals surface area contributed by atoms with Crippen molar-refractivity contribution >= 4 is 22.8 Å². The summed E-state index contributed by atoms with van der Waals surface area (Å²) in [5.41, 5.74) is 3.12. The third-order valence-corrected chi connectivity index (χ3v) is 3.76. The van der Waals surface area contributed by atoms with Crippen LogP contribution >= 0.6 is 0 Å². The molecule has 0 saturated carbocycles. The number of fused-ring (bicyclic) bond motifs is 1. The fraction of sp³-hybridized carbons (Fsp3) is 0.333. The molecule has 0 aromatic heterocycles. The average molecular weight is 237 g/mol. The van der Waals surface area contributed by atoms with E-state index in [4.69, 9.17) is 0 Å². The second-order valence-electron chi connectivity index (χ2n) is 4.08. The Morgan fingerprint density at radius 3 is 2.81 bits per heavy atom. The van der Waals surface area contributed by atoms with E-state index in [1.807, 2.05) is 49.3 Å². The quantitative estimate of drug-likeness (QED) is 0.803. The van der Waals surface area contributed by atoms with Gasteiger partial charge in [0.15, 0.2) is 11.1 Å². The average Bonchev–Trinajstić information content (AvgIpc) is 2.27. The molecule has 0 aliphatic heterocycles. The van der Waals surface area contributed by atoms with Gasteiger partial charge in [0, 0.05) is 25.3 Å². The van der Waals surface area contributed by atoms with Crippen LogP contribution in [-0.2, 0) is 11.1 Å². The molecule has 0 spiro atoms. The monoisotopic (exact) mass is 237 g/mol. The molecular formula is C12H15NO2S. The number of benzene rings is 1. The summed E-state index contributed by atoms with van der Waals surface area (Å²) < 4.78 is 20.5. The van der Waals surface area contributed by atoms with Crippen molar-refractivity contribution in [3.05, 3.63) is 35.4 Å². The van der Waals surface area contributed by atoms with Gasteiger partial charge in [-0.25, -0.2) is 4.21 Å². The Morgan fingerprint density at radius 2 is 2.19 bits per heavy atom. The molecule has 1 N–H and O–H groups in total. The second-order valence-corrected chi connectivity index (χ2v) is 5.20. The molecule has 4 heteroatoms. The molecule has 0 fully saturated rings. The van der Waals surface area contributed by atoms with E-state index in [0.29, 0.717) is 6.42 Å². The van der Waals surface area contributed by atoms with Gasteiger partial charge >= 0.3 is 0 Å². The van der Waals surface area contributed by atoms with E-state index >= 15 is 0 Å². The van der Waals surface area contributed by atoms with Crippen molar-refractivity contribution in [2.24, 2.45) is 0 Å². The van der Waals surface area contributed by atoms with E-state index in [1.165, 1.54) is 0 Å². The highest BCUT2D eigenvalue weighted by molar-refractivity contribution is 7.79. The van der Waals surface area contributed by atoms with E-state index in [9.17, 15) is 8.76 Å². The Hall–Kier alpha value is -1.13. The molecular weight excluding hydrogens is 222 g/mol. The van der Waals surface area contributed by atoms with Crippen LogP contribution in [0.25, 0.3) is 6.08 Å². The fourth-order valence-electron chi connectivity index (χ4n) is 2.05. The highest BCUT2D eigenvalue weighted by atomic mass is 32.2. The molecule has 1 aromatic carbocycles. The second kappa shape index (κ2) is 4.39. The molecule has 0 bridgehead atoms. The Balaban J connectivity index is 2.56. The summed E-state index contributed by atoms with van der Waals surface area (Å²) in [6.07, 6.45) is 4.63. The van der Waals surface area contributed by atoms with Crippen molar-refractivity contribution in [2.75, 3.05) is 19.0 Å². The topological polar surface area (TPSA) is 40.5 Å². The van der Waals surface area contributed by atoms with E-state index in [2.05, 4.69) is 0 Å². The zero-order valence-electron chi connectivity index (χ0n) is 9.38. The zero-order valence-corrected chi connectivity index (χ0v) is 10.2. The summed E-state index contributed by atoms with van der Waals surface area (Å²) in [5.74, 6) is 0. The van der Waals surface area contributed by atoms with Crippen molar-refractivity contribution in [3.63, 3.8) is 0 Å². The van der Waals surface area contributed by atoms with Crippen LogP contribution in [0.2, 0.25) is 0 Å². The number of nitrogens with zero attached hydrogens (tertiary/aromatic N) is 1. The first-order chi connectivity index (χ1) is 7.61. The Morgan fingerprint density at radius 1 is 1.44 bits per heavy atom. The standard InChI is InChI=1S/C12H15NO2S/c1-13(2)11-7-3-6-10-9(11)5-4-8-12(10)16(14)15/h3-7,12H,8H2,1-2H3,(H,14,15). The lowest BCUT2D eigenvalue weighted by molar-refractivity contribution is 0.549. The lowest BCUT2D eigenvalue weighted by Gasteiger charge is -2.24. The Kier molecular flexibility index (Phi) is 3.12. The summed E-state index contributed by atoms with van der Waals surface area (Å²) in [5, 5.41) is -0.292. The minimum Gasteiger partial charge on any atom is -0.377 e. The third kappa shape index (κ3) is 1.90. The van der Waals surface area contributed by atoms with E-state index in [-0.39, 0.29) is 5.25 Å². The number of rotatable bonds is 2. The number of allylic oxidation sites excluding steroid dienone is 1. The fourth-order valence-corrected chi connectivity index (χ4v) is 2.75. The number of anilines is 1. The molecule has 0 saturated heterocycles. The predicted octanol–water partition coefficient (Wildman–Crippen LogP) is 2.43. The zero-order chi connectivity index (χ0) is 11.7. The molecule has 3 nitrogen and oxygen atoms in total. The number of hydrogen-bond acceptors (Lipinski definition) is 2. The molecule has 1 aliphatic carbocycles.